The number of primary amides is 1. The van der Waals surface area contributed by atoms with Crippen molar-refractivity contribution in [2.24, 2.45) is 5.73 Å². The van der Waals surface area contributed by atoms with Crippen molar-refractivity contribution in [2.75, 3.05) is 13.2 Å². The summed E-state index contributed by atoms with van der Waals surface area (Å²) in [5.41, 5.74) is 4.26. The third-order valence-corrected chi connectivity index (χ3v) is 1.38. The minimum atomic E-state index is -0.725. The Kier molecular flexibility index (Phi) is 10.5. The van der Waals surface area contributed by atoms with Gasteiger partial charge in [0, 0.05) is 19.6 Å². The maximum Gasteiger partial charge on any atom is 0.405 e. The first-order valence-electron chi connectivity index (χ1n) is 5.59. The number of hydrogen-bond donors (Lipinski definition) is 3. The molecule has 2 amide bonds. The monoisotopic (exact) mass is 248 g/mol. The molecule has 6 heteroatoms. The van der Waals surface area contributed by atoms with Crippen LogP contribution in [-0.4, -0.2) is 35.9 Å². The first kappa shape index (κ1) is 18.1. The Balaban J connectivity index is 0. The van der Waals surface area contributed by atoms with Gasteiger partial charge < -0.3 is 20.9 Å². The number of nitrogens with two attached hydrogens (primary N) is 1. The third kappa shape index (κ3) is 20.7. The number of carbonyl (C=O) groups is 2. The molecule has 0 heterocycles. The zero-order valence-electron chi connectivity index (χ0n) is 11.1. The zero-order valence-corrected chi connectivity index (χ0v) is 11.1. The summed E-state index contributed by atoms with van der Waals surface area (Å²) in [5.74, 6) is 0.0449. The van der Waals surface area contributed by atoms with E-state index in [4.69, 9.17) is 10.8 Å². The Hall–Kier alpha value is -1.30. The van der Waals surface area contributed by atoms with E-state index in [1.165, 1.54) is 0 Å². The highest BCUT2D eigenvalue weighted by atomic mass is 16.6. The molecule has 0 fully saturated rings. The van der Waals surface area contributed by atoms with Crippen LogP contribution in [0.15, 0.2) is 0 Å². The van der Waals surface area contributed by atoms with E-state index in [1.54, 1.807) is 27.7 Å². The predicted octanol–water partition coefficient (Wildman–Crippen LogP) is 0.775. The topological polar surface area (TPSA) is 102 Å². The van der Waals surface area contributed by atoms with Crippen LogP contribution in [0.4, 0.5) is 4.79 Å². The van der Waals surface area contributed by atoms with E-state index in [1.807, 2.05) is 0 Å². The Morgan fingerprint density at radius 3 is 2.12 bits per heavy atom. The van der Waals surface area contributed by atoms with Crippen molar-refractivity contribution in [3.05, 3.63) is 0 Å². The largest absolute Gasteiger partial charge is 0.444 e. The molecule has 0 aliphatic carbocycles. The van der Waals surface area contributed by atoms with Crippen LogP contribution in [-0.2, 0) is 9.53 Å². The van der Waals surface area contributed by atoms with Crippen LogP contribution in [0.1, 0.15) is 40.5 Å². The van der Waals surface area contributed by atoms with Gasteiger partial charge in [-0.15, -0.1) is 0 Å². The fourth-order valence-corrected chi connectivity index (χ4v) is 0.734. The number of aliphatic hydroxyl groups excluding tert-OH is 1. The Morgan fingerprint density at radius 1 is 1.35 bits per heavy atom. The second-order valence-corrected chi connectivity index (χ2v) is 4.31. The van der Waals surface area contributed by atoms with E-state index in [2.05, 4.69) is 10.1 Å². The molecule has 102 valence electrons. The molecule has 4 N–H and O–H groups in total. The molecule has 17 heavy (non-hydrogen) atoms. The first-order valence-corrected chi connectivity index (χ1v) is 5.59. The lowest BCUT2D eigenvalue weighted by atomic mass is 10.2. The Morgan fingerprint density at radius 2 is 1.88 bits per heavy atom. The van der Waals surface area contributed by atoms with Gasteiger partial charge in [0.05, 0.1) is 0 Å². The van der Waals surface area contributed by atoms with E-state index in [-0.39, 0.29) is 12.5 Å². The summed E-state index contributed by atoms with van der Waals surface area (Å²) in [6.45, 7) is 7.81. The SMILES string of the molecule is CC(C)(C)OC(N)=O.CCC(=O)NCCCO. The fraction of sp³-hybridized carbons (Fsp3) is 0.818. The van der Waals surface area contributed by atoms with Crippen molar-refractivity contribution in [1.82, 2.24) is 5.32 Å². The predicted molar refractivity (Wildman–Crippen MR) is 65.4 cm³/mol. The lowest BCUT2D eigenvalue weighted by Crippen LogP contribution is -2.27. The van der Waals surface area contributed by atoms with Crippen LogP contribution in [0.25, 0.3) is 0 Å². The molecule has 0 aromatic carbocycles. The summed E-state index contributed by atoms with van der Waals surface area (Å²) < 4.78 is 4.58. The van der Waals surface area contributed by atoms with Crippen molar-refractivity contribution < 1.29 is 19.4 Å². The lowest BCUT2D eigenvalue weighted by Gasteiger charge is -2.16. The number of hydrogen-bond acceptors (Lipinski definition) is 4. The molecule has 0 atom stereocenters. The van der Waals surface area contributed by atoms with Crippen molar-refractivity contribution >= 4 is 12.0 Å². The van der Waals surface area contributed by atoms with Crippen LogP contribution >= 0.6 is 0 Å². The maximum absolute atomic E-state index is 10.5. The van der Waals surface area contributed by atoms with Crippen LogP contribution in [0.2, 0.25) is 0 Å². The second kappa shape index (κ2) is 9.89. The maximum atomic E-state index is 10.5. The molecule has 0 aliphatic heterocycles. The molecule has 0 aromatic rings. The smallest absolute Gasteiger partial charge is 0.405 e. The van der Waals surface area contributed by atoms with Crippen molar-refractivity contribution in [1.29, 1.82) is 0 Å². The summed E-state index contributed by atoms with van der Waals surface area (Å²) >= 11 is 0. The molecule has 0 bridgehead atoms. The van der Waals surface area contributed by atoms with Gasteiger partial charge in [0.1, 0.15) is 5.60 Å². The van der Waals surface area contributed by atoms with Crippen LogP contribution < -0.4 is 11.1 Å². The van der Waals surface area contributed by atoms with Crippen molar-refractivity contribution in [3.63, 3.8) is 0 Å². The summed E-state index contributed by atoms with van der Waals surface area (Å²) in [4.78, 5) is 20.5. The molecular formula is C11H24N2O4. The standard InChI is InChI=1S/C6H13NO2.C5H11NO2/c1-2-6(9)7-4-3-5-8;1-5(2,3)8-4(6)7/h8H,2-5H2,1H3,(H,7,9);1-3H3,(H2,6,7). The highest BCUT2D eigenvalue weighted by molar-refractivity contribution is 5.75. The van der Waals surface area contributed by atoms with Gasteiger partial charge >= 0.3 is 6.09 Å². The van der Waals surface area contributed by atoms with Gasteiger partial charge in [-0.25, -0.2) is 4.79 Å². The molecule has 0 unspecified atom stereocenters. The molecule has 6 nitrogen and oxygen atoms in total. The van der Waals surface area contributed by atoms with Crippen LogP contribution in [0.3, 0.4) is 0 Å². The van der Waals surface area contributed by atoms with Gasteiger partial charge in [0.2, 0.25) is 5.91 Å². The molecule has 0 aliphatic rings. The number of nitrogens with one attached hydrogen (secondary N) is 1. The van der Waals surface area contributed by atoms with Crippen LogP contribution in [0, 0.1) is 0 Å². The number of amides is 2. The zero-order chi connectivity index (χ0) is 13.9. The van der Waals surface area contributed by atoms with Gasteiger partial charge in [0.15, 0.2) is 0 Å². The summed E-state index contributed by atoms with van der Waals surface area (Å²) in [7, 11) is 0. The number of rotatable bonds is 4. The minimum Gasteiger partial charge on any atom is -0.444 e. The molecular weight excluding hydrogens is 224 g/mol. The molecule has 0 spiro atoms. The van der Waals surface area contributed by atoms with Gasteiger partial charge in [-0.05, 0) is 27.2 Å². The quantitative estimate of drug-likeness (QED) is 0.640. The highest BCUT2D eigenvalue weighted by Crippen LogP contribution is 2.04. The molecule has 0 rings (SSSR count). The number of carbonyl (C=O) groups excluding carboxylic acids is 2. The van der Waals surface area contributed by atoms with Crippen LogP contribution in [0.5, 0.6) is 0 Å². The molecule has 0 radical (unpaired) electrons. The van der Waals surface area contributed by atoms with Gasteiger partial charge in [-0.2, -0.15) is 0 Å². The van der Waals surface area contributed by atoms with E-state index in [9.17, 15) is 9.59 Å². The van der Waals surface area contributed by atoms with Gasteiger partial charge in [0.25, 0.3) is 0 Å². The molecule has 0 saturated heterocycles. The van der Waals surface area contributed by atoms with E-state index < -0.39 is 11.7 Å². The summed E-state index contributed by atoms with van der Waals surface area (Å²) in [6, 6.07) is 0. The van der Waals surface area contributed by atoms with E-state index in [0.717, 1.165) is 0 Å². The first-order chi connectivity index (χ1) is 7.72. The number of aliphatic hydroxyl groups is 1. The Labute approximate surface area is 103 Å². The molecule has 0 saturated carbocycles. The average Bonchev–Trinajstić information content (AvgIpc) is 2.15. The van der Waals surface area contributed by atoms with Crippen molar-refractivity contribution in [3.8, 4) is 0 Å². The normalized spacial score (nSPS) is 9.94. The highest BCUT2D eigenvalue weighted by Gasteiger charge is 2.12. The third-order valence-electron chi connectivity index (χ3n) is 1.38. The number of ether oxygens (including phenoxy) is 1. The van der Waals surface area contributed by atoms with Crippen molar-refractivity contribution in [2.45, 2.75) is 46.1 Å². The fourth-order valence-electron chi connectivity index (χ4n) is 0.734. The average molecular weight is 248 g/mol. The van der Waals surface area contributed by atoms with Gasteiger partial charge in [-0.3, -0.25) is 4.79 Å². The lowest BCUT2D eigenvalue weighted by molar-refractivity contribution is -0.120. The summed E-state index contributed by atoms with van der Waals surface area (Å²) in [5, 5.41) is 10.9. The molecule has 0 aromatic heterocycles. The Bertz CT molecular complexity index is 224. The van der Waals surface area contributed by atoms with Gasteiger partial charge in [-0.1, -0.05) is 6.92 Å². The summed E-state index contributed by atoms with van der Waals surface area (Å²) in [6.07, 6.45) is 0.439. The second-order valence-electron chi connectivity index (χ2n) is 4.31. The minimum absolute atomic E-state index is 0.0449. The van der Waals surface area contributed by atoms with E-state index in [0.29, 0.717) is 19.4 Å². The van der Waals surface area contributed by atoms with E-state index >= 15 is 0 Å².